The highest BCUT2D eigenvalue weighted by atomic mass is 16.8. The van der Waals surface area contributed by atoms with E-state index in [1.165, 1.54) is 39.0 Å². The van der Waals surface area contributed by atoms with Gasteiger partial charge in [0.15, 0.2) is 50.1 Å². The molecule has 7 fully saturated rings. The summed E-state index contributed by atoms with van der Waals surface area (Å²) in [5.74, 6) is -1.04. The second-order valence-electron chi connectivity index (χ2n) is 32.9. The van der Waals surface area contributed by atoms with Gasteiger partial charge in [-0.1, -0.05) is 70.4 Å². The number of hydrogen-bond acceptors (Lipinski definition) is 38. The van der Waals surface area contributed by atoms with Gasteiger partial charge in [0.1, 0.15) is 153 Å². The number of aliphatic hydroxyl groups excluding tert-OH is 22. The molecule has 38 atom stereocenters. The number of hydrogen-bond donors (Lipinski definition) is 22. The van der Waals surface area contributed by atoms with Gasteiger partial charge in [-0.25, -0.2) is 4.79 Å². The van der Waals surface area contributed by atoms with Crippen LogP contribution in [0.5, 0.6) is 0 Å². The molecule has 0 radical (unpaired) electrons. The van der Waals surface area contributed by atoms with Gasteiger partial charge in [0.2, 0.25) is 0 Å². The van der Waals surface area contributed by atoms with Gasteiger partial charge in [-0.2, -0.15) is 0 Å². The van der Waals surface area contributed by atoms with Crippen molar-refractivity contribution in [3.05, 3.63) is 95.2 Å². The third-order valence-electron chi connectivity index (χ3n) is 22.9. The molecule has 0 aromatic carbocycles. The SMILES string of the molecule is C=C[C@](C)(CC/C=C(\C)CC/C=C(\C)CC/C=C(/C)CO[C@@H]1O[C@@H](C)[C@H](O)[C@@H](O[C@@H]2O[C@H](CO[C@@H]3O[C@@H](C)[C@H](O)[C@@H](O)[C@H]3OC(=O)/C(C)=C/[C@H](O)C/C(C)=C/CC/C(C)=C/CC[C@@](C)(C=C)O[C@@H]3O[C@H](CO)[C@@H](O)[C@H](O)[C@H]3O[C@@H]3O[C@H](CO)[C@@H](O)[C@H](O)[C@H]3O)[C@@H](O)[C@H](O)[C@H]2O)[C@H]1O)O[C@@H]1O[C@H](CO)[C@@H](O)[C@H](O)[C@H]1O[C@@H]1O[C@H](CO)[C@@H](O)[C@H](O)[C@H]1O. The highest BCUT2D eigenvalue weighted by molar-refractivity contribution is 5.88. The van der Waals surface area contributed by atoms with E-state index in [0.717, 1.165) is 40.7 Å². The molecular weight excluding hydrogens is 1590 g/mol. The van der Waals surface area contributed by atoms with E-state index in [-0.39, 0.29) is 18.6 Å². The van der Waals surface area contributed by atoms with E-state index >= 15 is 0 Å². The summed E-state index contributed by atoms with van der Waals surface area (Å²) in [5.41, 5.74) is 2.30. The van der Waals surface area contributed by atoms with Gasteiger partial charge in [0.05, 0.1) is 69.2 Å². The minimum Gasteiger partial charge on any atom is -0.451 e. The van der Waals surface area contributed by atoms with Crippen LogP contribution in [-0.2, 0) is 75.8 Å². The molecule has 0 amide bonds. The standard InChI is InChI=1S/C82H134O38/c1-13-81(11,119-79-71(63(99)56(92)49(34-85)112-79)117-75-65(101)59(95)54(90)47(32-83)110-75)28-18-26-39(4)21-15-20-38(3)23-17-25-42(7)36-106-74-68(104)69(53(89)45(10)108-74)116-77-67(103)61(97)58(94)51(114-77)37-107-78-70(62(98)52(88)44(9)109-78)115-73(105)43(8)31-46(87)30-41(6)24-16-22-40(5)27-19-29-82(12,14-2)120-80-72(64(100)57(93)50(35-86)113-80)118-76-66(102)60(96)55(91)48(33-84)111-76/h13-14,20,24-27,31,44-72,74-80,83-104H,1-2,15-19,21-23,28-30,32-37H2,3-12H3/b38-20+,39-26+,40-27+,41-24+,42-25-,43-31+/t44-,45-,46+,47+,48+,49+,50+,51+,52-,53-,54+,55+,56+,57+,58+,59-,60-,61-,62+,63-,64-,65+,66+,67+,68+,69+,70+,71+,72+,74+,75-,76-,77-,78+,79-,80-,81+,82+/m0/s1. The molecule has 0 unspecified atom stereocenters. The summed E-state index contributed by atoms with van der Waals surface area (Å²) in [6, 6.07) is 0. The van der Waals surface area contributed by atoms with Crippen LogP contribution in [0.25, 0.3) is 0 Å². The van der Waals surface area contributed by atoms with Crippen LogP contribution in [0.2, 0.25) is 0 Å². The van der Waals surface area contributed by atoms with Gasteiger partial charge >= 0.3 is 5.97 Å². The number of aliphatic hydroxyl groups is 22. The molecule has 0 aliphatic carbocycles. The predicted molar refractivity (Wildman–Crippen MR) is 418 cm³/mol. The van der Waals surface area contributed by atoms with Crippen LogP contribution in [0.3, 0.4) is 0 Å². The van der Waals surface area contributed by atoms with Gasteiger partial charge in [-0.05, 0) is 146 Å². The Balaban J connectivity index is 0.845. The maximum Gasteiger partial charge on any atom is 0.334 e. The Morgan fingerprint density at radius 3 is 1.15 bits per heavy atom. The molecule has 22 N–H and O–H groups in total. The number of carbonyl (C=O) groups is 1. The van der Waals surface area contributed by atoms with Crippen LogP contribution in [0.15, 0.2) is 95.2 Å². The molecule has 7 rings (SSSR count). The van der Waals surface area contributed by atoms with E-state index in [2.05, 4.69) is 19.2 Å². The number of ether oxygens (including phenoxy) is 15. The van der Waals surface area contributed by atoms with Crippen LogP contribution in [0.1, 0.15) is 140 Å². The highest BCUT2D eigenvalue weighted by Crippen LogP contribution is 2.38. The van der Waals surface area contributed by atoms with Crippen molar-refractivity contribution in [1.29, 1.82) is 0 Å². The molecule has 38 heteroatoms. The largest absolute Gasteiger partial charge is 0.451 e. The zero-order chi connectivity index (χ0) is 89.1. The lowest BCUT2D eigenvalue weighted by Gasteiger charge is -2.47. The summed E-state index contributed by atoms with van der Waals surface area (Å²) >= 11 is 0. The fourth-order valence-electron chi connectivity index (χ4n) is 14.8. The third-order valence-corrected chi connectivity index (χ3v) is 22.9. The highest BCUT2D eigenvalue weighted by Gasteiger charge is 2.57. The summed E-state index contributed by atoms with van der Waals surface area (Å²) in [5, 5.41) is 235. The summed E-state index contributed by atoms with van der Waals surface area (Å²) in [4.78, 5) is 13.7. The first kappa shape index (κ1) is 103. The smallest absolute Gasteiger partial charge is 0.334 e. The lowest BCUT2D eigenvalue weighted by Crippen LogP contribution is -2.65. The lowest BCUT2D eigenvalue weighted by molar-refractivity contribution is -0.375. The van der Waals surface area contributed by atoms with Gasteiger partial charge in [0, 0.05) is 5.57 Å². The quantitative estimate of drug-likeness (QED) is 0.0161. The minimum atomic E-state index is -1.96. The first-order valence-electron chi connectivity index (χ1n) is 40.9. The van der Waals surface area contributed by atoms with Crippen molar-refractivity contribution in [2.45, 2.75) is 372 Å². The Bertz CT molecular complexity index is 3340. The van der Waals surface area contributed by atoms with E-state index in [9.17, 15) is 117 Å². The molecule has 7 saturated heterocycles. The van der Waals surface area contributed by atoms with E-state index < -0.39 is 271 Å². The van der Waals surface area contributed by atoms with Crippen molar-refractivity contribution < 1.29 is 188 Å². The van der Waals surface area contributed by atoms with E-state index in [1.54, 1.807) is 20.8 Å². The minimum absolute atomic E-state index is 0.0186. The summed E-state index contributed by atoms with van der Waals surface area (Å²) in [6.45, 7) is 21.4. The van der Waals surface area contributed by atoms with Crippen LogP contribution < -0.4 is 0 Å². The molecule has 38 nitrogen and oxygen atoms in total. The molecule has 7 aliphatic rings. The Kier molecular flexibility index (Phi) is 40.9. The molecule has 7 heterocycles. The first-order chi connectivity index (χ1) is 56.6. The molecule has 120 heavy (non-hydrogen) atoms. The second kappa shape index (κ2) is 47.7. The molecular formula is C82H134O38. The summed E-state index contributed by atoms with van der Waals surface area (Å²) in [6.07, 6.45) is -38.0. The Hall–Kier alpha value is -4.05. The number of rotatable bonds is 42. The van der Waals surface area contributed by atoms with Crippen molar-refractivity contribution in [2.75, 3.05) is 39.6 Å². The molecule has 0 spiro atoms. The fourth-order valence-corrected chi connectivity index (χ4v) is 14.8. The Labute approximate surface area is 698 Å². The van der Waals surface area contributed by atoms with Crippen molar-refractivity contribution in [3.63, 3.8) is 0 Å². The maximum absolute atomic E-state index is 13.7. The number of esters is 1. The zero-order valence-corrected chi connectivity index (χ0v) is 69.7. The summed E-state index contributed by atoms with van der Waals surface area (Å²) in [7, 11) is 0. The molecule has 0 bridgehead atoms. The normalized spacial score (nSPS) is 41.1. The number of carbonyl (C=O) groups excluding carboxylic acids is 1. The van der Waals surface area contributed by atoms with E-state index in [0.29, 0.717) is 51.4 Å². The molecule has 690 valence electrons. The van der Waals surface area contributed by atoms with Crippen molar-refractivity contribution >= 4 is 5.97 Å². The van der Waals surface area contributed by atoms with Crippen LogP contribution in [0, 0.1) is 0 Å². The van der Waals surface area contributed by atoms with Crippen LogP contribution in [-0.4, -0.2) is 390 Å². The lowest BCUT2D eigenvalue weighted by atomic mass is 9.95. The molecule has 0 aromatic rings. The summed E-state index contributed by atoms with van der Waals surface area (Å²) < 4.78 is 87.9. The van der Waals surface area contributed by atoms with Crippen molar-refractivity contribution in [2.24, 2.45) is 0 Å². The molecule has 0 saturated carbocycles. The predicted octanol–water partition coefficient (Wildman–Crippen LogP) is -3.44. The number of allylic oxidation sites excluding steroid dienone is 8. The molecule has 7 aliphatic heterocycles. The topological polar surface area (TPSA) is 601 Å². The monoisotopic (exact) mass is 1730 g/mol. The van der Waals surface area contributed by atoms with E-state index in [1.807, 2.05) is 52.0 Å². The van der Waals surface area contributed by atoms with Crippen molar-refractivity contribution in [3.8, 4) is 0 Å². The Morgan fingerprint density at radius 1 is 0.375 bits per heavy atom. The van der Waals surface area contributed by atoms with E-state index in [4.69, 9.17) is 71.1 Å². The Morgan fingerprint density at radius 2 is 0.725 bits per heavy atom. The van der Waals surface area contributed by atoms with Gasteiger partial charge < -0.3 is 183 Å². The van der Waals surface area contributed by atoms with Gasteiger partial charge in [-0.3, -0.25) is 0 Å². The third kappa shape index (κ3) is 27.5. The van der Waals surface area contributed by atoms with Gasteiger partial charge in [0.25, 0.3) is 0 Å². The zero-order valence-electron chi connectivity index (χ0n) is 69.7. The second-order valence-corrected chi connectivity index (χ2v) is 32.9. The van der Waals surface area contributed by atoms with Crippen LogP contribution in [0.4, 0.5) is 0 Å². The maximum atomic E-state index is 13.7. The fraction of sp³-hybridized carbons (Fsp3) is 0.793. The first-order valence-corrected chi connectivity index (χ1v) is 40.9. The average Bonchev–Trinajstić information content (AvgIpc) is 0.772. The molecule has 0 aromatic heterocycles. The average molecular weight is 1730 g/mol. The van der Waals surface area contributed by atoms with Crippen LogP contribution >= 0.6 is 0 Å². The van der Waals surface area contributed by atoms with Gasteiger partial charge in [-0.15, -0.1) is 13.2 Å². The van der Waals surface area contributed by atoms with Crippen molar-refractivity contribution in [1.82, 2.24) is 0 Å².